The molecule has 0 spiro atoms. The molecule has 1 aromatic rings. The third kappa shape index (κ3) is 2.58. The number of halogens is 1. The number of rotatable bonds is 4. The summed E-state index contributed by atoms with van der Waals surface area (Å²) in [7, 11) is 1.56. The van der Waals surface area contributed by atoms with Gasteiger partial charge in [-0.1, -0.05) is 31.4 Å². The number of methoxy groups -OCH3 is 1. The quantitative estimate of drug-likeness (QED) is 0.707. The lowest BCUT2D eigenvalue weighted by Crippen LogP contribution is -2.10. The largest absolute Gasteiger partial charge is 0.493 e. The van der Waals surface area contributed by atoms with Gasteiger partial charge in [-0.15, -0.1) is 6.58 Å². The molecular formula is C16H21FO. The van der Waals surface area contributed by atoms with E-state index in [2.05, 4.69) is 6.58 Å². The highest BCUT2D eigenvalue weighted by Gasteiger charge is 2.23. The highest BCUT2D eigenvalue weighted by atomic mass is 19.1. The van der Waals surface area contributed by atoms with Gasteiger partial charge in [-0.2, -0.15) is 0 Å². The molecule has 0 aliphatic heterocycles. The van der Waals surface area contributed by atoms with Crippen LogP contribution in [0.15, 0.2) is 24.8 Å². The molecule has 1 aliphatic rings. The van der Waals surface area contributed by atoms with Crippen LogP contribution in [0.5, 0.6) is 5.75 Å². The molecule has 1 saturated carbocycles. The Kier molecular flexibility index (Phi) is 4.40. The number of ether oxygens (including phenoxy) is 1. The summed E-state index contributed by atoms with van der Waals surface area (Å²) in [5.74, 6) is 0.645. The normalized spacial score (nSPS) is 16.6. The van der Waals surface area contributed by atoms with Crippen LogP contribution >= 0.6 is 0 Å². The Balaban J connectivity index is 2.44. The van der Waals surface area contributed by atoms with Crippen LogP contribution in [0, 0.1) is 5.82 Å². The van der Waals surface area contributed by atoms with E-state index in [1.807, 2.05) is 12.1 Å². The van der Waals surface area contributed by atoms with Crippen LogP contribution in [0.4, 0.5) is 4.39 Å². The molecule has 0 bridgehead atoms. The Labute approximate surface area is 109 Å². The van der Waals surface area contributed by atoms with E-state index in [1.165, 1.54) is 25.3 Å². The van der Waals surface area contributed by atoms with Gasteiger partial charge < -0.3 is 4.74 Å². The third-order valence-electron chi connectivity index (χ3n) is 3.82. The molecule has 98 valence electrons. The highest BCUT2D eigenvalue weighted by Crippen LogP contribution is 2.40. The fraction of sp³-hybridized carbons (Fsp3) is 0.500. The number of benzene rings is 1. The molecule has 1 fully saturated rings. The molecule has 0 atom stereocenters. The molecule has 1 aliphatic carbocycles. The highest BCUT2D eigenvalue weighted by molar-refractivity contribution is 5.45. The van der Waals surface area contributed by atoms with Crippen molar-refractivity contribution in [2.24, 2.45) is 0 Å². The van der Waals surface area contributed by atoms with Crippen molar-refractivity contribution >= 4 is 0 Å². The first-order valence-corrected chi connectivity index (χ1v) is 6.74. The van der Waals surface area contributed by atoms with Crippen molar-refractivity contribution in [1.29, 1.82) is 0 Å². The van der Waals surface area contributed by atoms with E-state index < -0.39 is 0 Å². The molecule has 18 heavy (non-hydrogen) atoms. The maximum absolute atomic E-state index is 13.9. The summed E-state index contributed by atoms with van der Waals surface area (Å²) in [5.41, 5.74) is 2.24. The van der Waals surface area contributed by atoms with E-state index in [0.717, 1.165) is 30.4 Å². The standard InChI is InChI=1S/C16H21FO/c1-3-7-12-10-11-14(17)16(18-2)15(12)13-8-5-4-6-9-13/h3,10-11,13H,1,4-9H2,2H3. The lowest BCUT2D eigenvalue weighted by atomic mass is 9.81. The van der Waals surface area contributed by atoms with Gasteiger partial charge >= 0.3 is 0 Å². The summed E-state index contributed by atoms with van der Waals surface area (Å²) in [6.07, 6.45) is 8.70. The van der Waals surface area contributed by atoms with E-state index in [9.17, 15) is 4.39 Å². The van der Waals surface area contributed by atoms with Gasteiger partial charge in [0.1, 0.15) is 0 Å². The first kappa shape index (κ1) is 13.1. The fourth-order valence-electron chi connectivity index (χ4n) is 2.99. The Morgan fingerprint density at radius 2 is 2.06 bits per heavy atom. The molecule has 0 aromatic heterocycles. The van der Waals surface area contributed by atoms with Gasteiger partial charge in [0.2, 0.25) is 0 Å². The molecule has 1 aromatic carbocycles. The van der Waals surface area contributed by atoms with E-state index in [-0.39, 0.29) is 5.82 Å². The molecule has 0 amide bonds. The lowest BCUT2D eigenvalue weighted by molar-refractivity contribution is 0.363. The van der Waals surface area contributed by atoms with E-state index in [4.69, 9.17) is 4.74 Å². The number of hydrogen-bond donors (Lipinski definition) is 0. The topological polar surface area (TPSA) is 9.23 Å². The third-order valence-corrected chi connectivity index (χ3v) is 3.82. The Bertz CT molecular complexity index is 419. The van der Waals surface area contributed by atoms with Gasteiger partial charge in [-0.05, 0) is 36.8 Å². The SMILES string of the molecule is C=CCc1ccc(F)c(OC)c1C1CCCCC1. The summed E-state index contributed by atoms with van der Waals surface area (Å²) in [6.45, 7) is 3.79. The second-order valence-corrected chi connectivity index (χ2v) is 4.98. The smallest absolute Gasteiger partial charge is 0.165 e. The van der Waals surface area contributed by atoms with Crippen molar-refractivity contribution in [1.82, 2.24) is 0 Å². The average Bonchev–Trinajstić information content (AvgIpc) is 2.41. The lowest BCUT2D eigenvalue weighted by Gasteiger charge is -2.26. The van der Waals surface area contributed by atoms with E-state index >= 15 is 0 Å². The van der Waals surface area contributed by atoms with Crippen molar-refractivity contribution < 1.29 is 9.13 Å². The minimum absolute atomic E-state index is 0.245. The van der Waals surface area contributed by atoms with Gasteiger partial charge in [0.05, 0.1) is 7.11 Å². The van der Waals surface area contributed by atoms with Crippen molar-refractivity contribution in [3.63, 3.8) is 0 Å². The zero-order chi connectivity index (χ0) is 13.0. The minimum atomic E-state index is -0.245. The molecule has 0 N–H and O–H groups in total. The van der Waals surface area contributed by atoms with Gasteiger partial charge in [-0.25, -0.2) is 4.39 Å². The molecular weight excluding hydrogens is 227 g/mol. The predicted octanol–water partition coefficient (Wildman–Crippen LogP) is 4.61. The zero-order valence-electron chi connectivity index (χ0n) is 11.0. The van der Waals surface area contributed by atoms with Gasteiger partial charge in [0.25, 0.3) is 0 Å². The molecule has 1 nitrogen and oxygen atoms in total. The van der Waals surface area contributed by atoms with E-state index in [0.29, 0.717) is 11.7 Å². The number of allylic oxidation sites excluding steroid dienone is 1. The maximum Gasteiger partial charge on any atom is 0.165 e. The summed E-state index contributed by atoms with van der Waals surface area (Å²) in [6, 6.07) is 3.38. The molecule has 2 heteroatoms. The summed E-state index contributed by atoms with van der Waals surface area (Å²) < 4.78 is 19.2. The van der Waals surface area contributed by atoms with Crippen LogP contribution in [0.2, 0.25) is 0 Å². The predicted molar refractivity (Wildman–Crippen MR) is 72.7 cm³/mol. The molecule has 0 radical (unpaired) electrons. The van der Waals surface area contributed by atoms with Crippen molar-refractivity contribution in [2.75, 3.05) is 7.11 Å². The van der Waals surface area contributed by atoms with Gasteiger partial charge in [-0.3, -0.25) is 0 Å². The minimum Gasteiger partial charge on any atom is -0.493 e. The monoisotopic (exact) mass is 248 g/mol. The Hall–Kier alpha value is -1.31. The van der Waals surface area contributed by atoms with Crippen LogP contribution in [0.3, 0.4) is 0 Å². The van der Waals surface area contributed by atoms with Gasteiger partial charge in [0, 0.05) is 5.56 Å². The van der Waals surface area contributed by atoms with Crippen LogP contribution < -0.4 is 4.74 Å². The molecule has 0 saturated heterocycles. The average molecular weight is 248 g/mol. The molecule has 0 heterocycles. The summed E-state index contributed by atoms with van der Waals surface area (Å²) in [5, 5.41) is 0. The van der Waals surface area contributed by atoms with Crippen LogP contribution in [-0.2, 0) is 6.42 Å². The van der Waals surface area contributed by atoms with Crippen molar-refractivity contribution in [3.8, 4) is 5.75 Å². The van der Waals surface area contributed by atoms with Crippen LogP contribution in [0.25, 0.3) is 0 Å². The summed E-state index contributed by atoms with van der Waals surface area (Å²) in [4.78, 5) is 0. The number of hydrogen-bond acceptors (Lipinski definition) is 1. The van der Waals surface area contributed by atoms with Gasteiger partial charge in [0.15, 0.2) is 11.6 Å². The van der Waals surface area contributed by atoms with Crippen LogP contribution in [-0.4, -0.2) is 7.11 Å². The zero-order valence-corrected chi connectivity index (χ0v) is 11.0. The second-order valence-electron chi connectivity index (χ2n) is 4.98. The van der Waals surface area contributed by atoms with Crippen molar-refractivity contribution in [3.05, 3.63) is 41.7 Å². The van der Waals surface area contributed by atoms with Crippen LogP contribution in [0.1, 0.15) is 49.1 Å². The second kappa shape index (κ2) is 6.03. The maximum atomic E-state index is 13.9. The first-order valence-electron chi connectivity index (χ1n) is 6.74. The van der Waals surface area contributed by atoms with E-state index in [1.54, 1.807) is 7.11 Å². The Morgan fingerprint density at radius 1 is 1.33 bits per heavy atom. The summed E-state index contributed by atoms with van der Waals surface area (Å²) >= 11 is 0. The fourth-order valence-corrected chi connectivity index (χ4v) is 2.99. The van der Waals surface area contributed by atoms with Crippen molar-refractivity contribution in [2.45, 2.75) is 44.4 Å². The first-order chi connectivity index (χ1) is 8.77. The Morgan fingerprint density at radius 3 is 2.67 bits per heavy atom. The molecule has 0 unspecified atom stereocenters. The molecule has 2 rings (SSSR count).